The molecule has 1 fully saturated rings. The second-order valence-corrected chi connectivity index (χ2v) is 12.6. The molecule has 2 N–H and O–H groups in total. The highest BCUT2D eigenvalue weighted by molar-refractivity contribution is 8.10. The van der Waals surface area contributed by atoms with Gasteiger partial charge in [-0.05, 0) is 76.2 Å². The summed E-state index contributed by atoms with van der Waals surface area (Å²) in [4.78, 5) is 27.3. The minimum Gasteiger partial charge on any atom is -0.391 e. The molecule has 1 atom stereocenters. The highest BCUT2D eigenvalue weighted by Crippen LogP contribution is 2.34. The van der Waals surface area contributed by atoms with Gasteiger partial charge in [0.25, 0.3) is 0 Å². The molecule has 1 heterocycles. The lowest BCUT2D eigenvalue weighted by Gasteiger charge is -2.40. The zero-order valence-electron chi connectivity index (χ0n) is 24.3. The SMILES string of the molecule is C=C(C)N(C(=O)N1CCC(O)C1)C(C)(C)SCCC.CC/C=C\SC(=C(C)C)c1ccc(CNC=O)cc1. The Morgan fingerprint density at radius 2 is 1.89 bits per heavy atom. The number of nitrogens with one attached hydrogen (secondary N) is 1. The van der Waals surface area contributed by atoms with E-state index in [4.69, 9.17) is 0 Å². The number of likely N-dealkylation sites (tertiary alicyclic amines) is 1. The lowest BCUT2D eigenvalue weighted by molar-refractivity contribution is -0.109. The van der Waals surface area contributed by atoms with Gasteiger partial charge in [-0.1, -0.05) is 68.1 Å². The van der Waals surface area contributed by atoms with E-state index in [1.54, 1.807) is 33.3 Å². The van der Waals surface area contributed by atoms with E-state index in [0.717, 1.165) is 36.3 Å². The summed E-state index contributed by atoms with van der Waals surface area (Å²) in [6.07, 6.45) is 5.30. The molecular weight excluding hydrogens is 514 g/mol. The van der Waals surface area contributed by atoms with E-state index in [1.807, 2.05) is 20.8 Å². The zero-order valence-corrected chi connectivity index (χ0v) is 25.9. The predicted octanol–water partition coefficient (Wildman–Crippen LogP) is 7.23. The number of amides is 3. The topological polar surface area (TPSA) is 72.9 Å². The number of urea groups is 1. The third-order valence-electron chi connectivity index (χ3n) is 5.78. The molecular formula is C30H47N3O3S2. The normalized spacial score (nSPS) is 15.1. The summed E-state index contributed by atoms with van der Waals surface area (Å²) >= 11 is 3.52. The molecule has 6 nitrogen and oxygen atoms in total. The standard InChI is InChI=1S/C16H21NOS.C14H26N2O2S/c1-4-5-10-19-16(13(2)3)15-8-6-14(7-9-15)11-17-12-18;1-6-9-19-14(4,5)16(11(2)3)13(18)15-8-7-12(17)10-15/h5-10,12H,4,11H2,1-3H3,(H,17,18);12,17H,2,6-10H2,1,3-5H3/b10-5-;. The summed E-state index contributed by atoms with van der Waals surface area (Å²) in [5, 5.41) is 14.4. The van der Waals surface area contributed by atoms with E-state index in [1.165, 1.54) is 16.0 Å². The van der Waals surface area contributed by atoms with Gasteiger partial charge >= 0.3 is 6.03 Å². The molecule has 1 aromatic rings. The Kier molecular flexibility index (Phi) is 15.5. The maximum atomic E-state index is 12.6. The smallest absolute Gasteiger partial charge is 0.325 e. The van der Waals surface area contributed by atoms with Crippen LogP contribution in [0.5, 0.6) is 0 Å². The molecule has 3 amide bonds. The summed E-state index contributed by atoms with van der Waals surface area (Å²) in [5.41, 5.74) is 4.39. The number of allylic oxidation sites excluding steroid dienone is 3. The van der Waals surface area contributed by atoms with E-state index in [0.29, 0.717) is 26.1 Å². The first-order valence-corrected chi connectivity index (χ1v) is 15.2. The Morgan fingerprint density at radius 3 is 2.37 bits per heavy atom. The van der Waals surface area contributed by atoms with Crippen molar-refractivity contribution in [2.75, 3.05) is 18.8 Å². The maximum Gasteiger partial charge on any atom is 0.325 e. The number of carbonyl (C=O) groups excluding carboxylic acids is 2. The van der Waals surface area contributed by atoms with Crippen molar-refractivity contribution < 1.29 is 14.7 Å². The molecule has 2 rings (SSSR count). The van der Waals surface area contributed by atoms with Gasteiger partial charge in [0.2, 0.25) is 6.41 Å². The van der Waals surface area contributed by atoms with Crippen LogP contribution in [0.15, 0.2) is 53.6 Å². The number of carbonyl (C=O) groups is 2. The number of rotatable bonds is 12. The summed E-state index contributed by atoms with van der Waals surface area (Å²) < 4.78 is 0. The van der Waals surface area contributed by atoms with Gasteiger partial charge in [-0.25, -0.2) is 4.79 Å². The van der Waals surface area contributed by atoms with Gasteiger partial charge in [0.15, 0.2) is 0 Å². The van der Waals surface area contributed by atoms with E-state index in [2.05, 4.69) is 75.3 Å². The largest absolute Gasteiger partial charge is 0.391 e. The summed E-state index contributed by atoms with van der Waals surface area (Å²) in [7, 11) is 0. The number of benzene rings is 1. The van der Waals surface area contributed by atoms with Gasteiger partial charge in [0.05, 0.1) is 11.0 Å². The average molecular weight is 562 g/mol. The summed E-state index contributed by atoms with van der Waals surface area (Å²) in [5.74, 6) is 1.01. The minimum atomic E-state index is -0.387. The number of aliphatic hydroxyl groups excluding tert-OH is 1. The van der Waals surface area contributed by atoms with Gasteiger partial charge in [-0.2, -0.15) is 0 Å². The molecule has 0 spiro atoms. The van der Waals surface area contributed by atoms with Crippen molar-refractivity contribution in [3.63, 3.8) is 0 Å². The van der Waals surface area contributed by atoms with Gasteiger partial charge in [0, 0.05) is 30.2 Å². The van der Waals surface area contributed by atoms with Crippen molar-refractivity contribution in [3.05, 3.63) is 64.7 Å². The van der Waals surface area contributed by atoms with Gasteiger partial charge < -0.3 is 15.3 Å². The van der Waals surface area contributed by atoms with E-state index >= 15 is 0 Å². The van der Waals surface area contributed by atoms with Crippen LogP contribution in [0.1, 0.15) is 78.9 Å². The average Bonchev–Trinajstić information content (AvgIpc) is 3.31. The molecule has 38 heavy (non-hydrogen) atoms. The van der Waals surface area contributed by atoms with E-state index in [-0.39, 0.29) is 17.0 Å². The Labute approximate surface area is 239 Å². The summed E-state index contributed by atoms with van der Waals surface area (Å²) in [6.45, 7) is 20.1. The van der Waals surface area contributed by atoms with Crippen molar-refractivity contribution in [1.82, 2.24) is 15.1 Å². The third-order valence-corrected chi connectivity index (χ3v) is 8.49. The highest BCUT2D eigenvalue weighted by Gasteiger charge is 2.36. The summed E-state index contributed by atoms with van der Waals surface area (Å²) in [6, 6.07) is 8.28. The Balaban J connectivity index is 0.000000380. The van der Waals surface area contributed by atoms with E-state index < -0.39 is 0 Å². The first-order chi connectivity index (χ1) is 18.0. The number of β-amino-alcohol motifs (C(OH)–C–C–N with tert-alkyl or cyclic N) is 1. The molecule has 1 aromatic carbocycles. The molecule has 0 aromatic heterocycles. The van der Waals surface area contributed by atoms with Crippen LogP contribution in [0.2, 0.25) is 0 Å². The van der Waals surface area contributed by atoms with Crippen molar-refractivity contribution in [1.29, 1.82) is 0 Å². The quantitative estimate of drug-likeness (QED) is 0.208. The monoisotopic (exact) mass is 561 g/mol. The second-order valence-electron chi connectivity index (χ2n) is 9.96. The molecule has 0 radical (unpaired) electrons. The molecule has 1 unspecified atom stereocenters. The Morgan fingerprint density at radius 1 is 1.24 bits per heavy atom. The molecule has 8 heteroatoms. The van der Waals surface area contributed by atoms with Crippen LogP contribution in [0.3, 0.4) is 0 Å². The minimum absolute atomic E-state index is 0.0438. The van der Waals surface area contributed by atoms with Gasteiger partial charge in [-0.15, -0.1) is 11.8 Å². The van der Waals surface area contributed by atoms with Crippen LogP contribution in [0.25, 0.3) is 4.91 Å². The first-order valence-electron chi connectivity index (χ1n) is 13.3. The maximum absolute atomic E-state index is 12.6. The van der Waals surface area contributed by atoms with Gasteiger partial charge in [0.1, 0.15) is 0 Å². The van der Waals surface area contributed by atoms with Crippen molar-refractivity contribution in [2.24, 2.45) is 0 Å². The number of aliphatic hydroxyl groups is 1. The van der Waals surface area contributed by atoms with Crippen LogP contribution >= 0.6 is 23.5 Å². The number of thioether (sulfide) groups is 2. The Hall–Kier alpha value is -2.16. The molecule has 1 saturated heterocycles. The molecule has 0 aliphatic carbocycles. The number of hydrogen-bond acceptors (Lipinski definition) is 5. The molecule has 1 aliphatic rings. The third kappa shape index (κ3) is 11.3. The van der Waals surface area contributed by atoms with Crippen LogP contribution in [-0.2, 0) is 11.3 Å². The van der Waals surface area contributed by atoms with Crippen LogP contribution in [0.4, 0.5) is 4.79 Å². The molecule has 1 aliphatic heterocycles. The van der Waals surface area contributed by atoms with Crippen molar-refractivity contribution in [3.8, 4) is 0 Å². The lowest BCUT2D eigenvalue weighted by atomic mass is 10.1. The van der Waals surface area contributed by atoms with E-state index in [9.17, 15) is 14.7 Å². The fourth-order valence-corrected chi connectivity index (χ4v) is 5.95. The van der Waals surface area contributed by atoms with Crippen molar-refractivity contribution >= 4 is 40.9 Å². The van der Waals surface area contributed by atoms with Crippen LogP contribution < -0.4 is 5.32 Å². The fraction of sp³-hybridized carbons (Fsp3) is 0.533. The molecule has 0 saturated carbocycles. The van der Waals surface area contributed by atoms with Crippen LogP contribution in [0, 0.1) is 0 Å². The number of nitrogens with zero attached hydrogens (tertiary/aromatic N) is 2. The first kappa shape index (κ1) is 33.9. The molecule has 0 bridgehead atoms. The number of hydrogen-bond donors (Lipinski definition) is 2. The second kappa shape index (κ2) is 17.4. The fourth-order valence-electron chi connectivity index (χ4n) is 3.95. The van der Waals surface area contributed by atoms with Crippen LogP contribution in [-0.4, -0.2) is 57.2 Å². The molecule has 212 valence electrons. The zero-order chi connectivity index (χ0) is 28.7. The highest BCUT2D eigenvalue weighted by atomic mass is 32.2. The van der Waals surface area contributed by atoms with Gasteiger partial charge in [-0.3, -0.25) is 9.69 Å². The lowest BCUT2D eigenvalue weighted by Crippen LogP contribution is -2.50. The predicted molar refractivity (Wildman–Crippen MR) is 166 cm³/mol. The Bertz CT molecular complexity index is 954. The van der Waals surface area contributed by atoms with Crippen molar-refractivity contribution in [2.45, 2.75) is 85.2 Å².